The summed E-state index contributed by atoms with van der Waals surface area (Å²) >= 11 is 0. The molecule has 23 heavy (non-hydrogen) atoms. The highest BCUT2D eigenvalue weighted by Gasteiger charge is 2.22. The molecule has 0 unspecified atom stereocenters. The van der Waals surface area contributed by atoms with Gasteiger partial charge in [0.25, 0.3) is 0 Å². The number of benzene rings is 1. The number of hydrogen-bond donors (Lipinski definition) is 1. The van der Waals surface area contributed by atoms with Gasteiger partial charge in [-0.2, -0.15) is 0 Å². The minimum Gasteiger partial charge on any atom is -0.493 e. The van der Waals surface area contributed by atoms with Crippen molar-refractivity contribution in [3.63, 3.8) is 0 Å². The van der Waals surface area contributed by atoms with E-state index in [2.05, 4.69) is 57.0 Å². The first-order valence-electron chi connectivity index (χ1n) is 9.11. The van der Waals surface area contributed by atoms with Crippen LogP contribution < -0.4 is 10.1 Å². The summed E-state index contributed by atoms with van der Waals surface area (Å²) in [5.41, 5.74) is 4.18. The van der Waals surface area contributed by atoms with Crippen LogP contribution in [-0.4, -0.2) is 44.2 Å². The highest BCUT2D eigenvalue weighted by molar-refractivity contribution is 5.48. The fraction of sp³-hybridized carbons (Fsp3) is 0.700. The quantitative estimate of drug-likeness (QED) is 0.868. The number of nitrogens with one attached hydrogen (secondary N) is 1. The van der Waals surface area contributed by atoms with Gasteiger partial charge in [-0.05, 0) is 44.2 Å². The zero-order valence-electron chi connectivity index (χ0n) is 15.7. The third-order valence-electron chi connectivity index (χ3n) is 4.54. The van der Waals surface area contributed by atoms with Crippen molar-refractivity contribution in [1.82, 2.24) is 10.2 Å². The normalized spacial score (nSPS) is 16.6. The summed E-state index contributed by atoms with van der Waals surface area (Å²) in [5.74, 6) is 1.13. The molecule has 1 heterocycles. The van der Waals surface area contributed by atoms with Gasteiger partial charge >= 0.3 is 0 Å². The van der Waals surface area contributed by atoms with Gasteiger partial charge < -0.3 is 15.0 Å². The van der Waals surface area contributed by atoms with E-state index in [0.717, 1.165) is 31.9 Å². The summed E-state index contributed by atoms with van der Waals surface area (Å²) in [6, 6.07) is 4.61. The molecule has 1 aromatic rings. The van der Waals surface area contributed by atoms with Crippen LogP contribution in [0, 0.1) is 6.92 Å². The average Bonchev–Trinajstić information content (AvgIpc) is 2.49. The lowest BCUT2D eigenvalue weighted by molar-refractivity contribution is 0.238. The van der Waals surface area contributed by atoms with Gasteiger partial charge in [0.05, 0.1) is 6.61 Å². The molecule has 0 radical (unpaired) electrons. The molecule has 3 heteroatoms. The van der Waals surface area contributed by atoms with Crippen LogP contribution >= 0.6 is 0 Å². The molecular weight excluding hydrogens is 284 g/mol. The van der Waals surface area contributed by atoms with Crippen LogP contribution in [0.1, 0.15) is 50.8 Å². The van der Waals surface area contributed by atoms with Crippen molar-refractivity contribution in [3.8, 4) is 5.75 Å². The van der Waals surface area contributed by atoms with Gasteiger partial charge in [-0.3, -0.25) is 0 Å². The van der Waals surface area contributed by atoms with Crippen molar-refractivity contribution in [1.29, 1.82) is 0 Å². The fourth-order valence-corrected chi connectivity index (χ4v) is 3.33. The lowest BCUT2D eigenvalue weighted by Gasteiger charge is -2.28. The summed E-state index contributed by atoms with van der Waals surface area (Å²) < 4.78 is 6.07. The van der Waals surface area contributed by atoms with E-state index < -0.39 is 0 Å². The molecule has 1 aliphatic rings. The minimum atomic E-state index is 0.115. The van der Waals surface area contributed by atoms with Crippen molar-refractivity contribution < 1.29 is 4.74 Å². The van der Waals surface area contributed by atoms with Crippen LogP contribution in [0.5, 0.6) is 5.75 Å². The van der Waals surface area contributed by atoms with Crippen LogP contribution in [0.3, 0.4) is 0 Å². The number of rotatable bonds is 6. The monoisotopic (exact) mass is 318 g/mol. The number of aryl methyl sites for hydroxylation is 2. The standard InChI is InChI=1S/C20H34N2O/c1-6-23-19-17(8-7-11-22-12-9-21-10-13-22)14-16(2)15-18(19)20(3,4)5/h14-15,21H,6-13H2,1-5H3. The van der Waals surface area contributed by atoms with Gasteiger partial charge in [0, 0.05) is 31.7 Å². The number of nitrogens with zero attached hydrogens (tertiary/aromatic N) is 1. The van der Waals surface area contributed by atoms with E-state index in [0.29, 0.717) is 0 Å². The maximum atomic E-state index is 6.07. The molecule has 0 saturated carbocycles. The summed E-state index contributed by atoms with van der Waals surface area (Å²) in [6.07, 6.45) is 2.30. The number of ether oxygens (including phenoxy) is 1. The molecule has 2 rings (SSSR count). The molecule has 0 spiro atoms. The summed E-state index contributed by atoms with van der Waals surface area (Å²) in [7, 11) is 0. The lowest BCUT2D eigenvalue weighted by Crippen LogP contribution is -2.43. The highest BCUT2D eigenvalue weighted by atomic mass is 16.5. The second kappa shape index (κ2) is 8.16. The van der Waals surface area contributed by atoms with Crippen LogP contribution in [0.25, 0.3) is 0 Å². The Hall–Kier alpha value is -1.06. The van der Waals surface area contributed by atoms with Crippen molar-refractivity contribution >= 4 is 0 Å². The van der Waals surface area contributed by atoms with E-state index in [1.54, 1.807) is 0 Å². The lowest BCUT2D eigenvalue weighted by atomic mass is 9.83. The Balaban J connectivity index is 2.11. The van der Waals surface area contributed by atoms with Crippen LogP contribution in [-0.2, 0) is 11.8 Å². The summed E-state index contributed by atoms with van der Waals surface area (Å²) in [6.45, 7) is 17.6. The Morgan fingerprint density at radius 3 is 2.48 bits per heavy atom. The zero-order chi connectivity index (χ0) is 16.9. The zero-order valence-corrected chi connectivity index (χ0v) is 15.7. The van der Waals surface area contributed by atoms with E-state index in [4.69, 9.17) is 4.74 Å². The van der Waals surface area contributed by atoms with Crippen molar-refractivity contribution in [2.45, 2.75) is 52.9 Å². The number of hydrogen-bond acceptors (Lipinski definition) is 3. The number of piperazine rings is 1. The first-order valence-corrected chi connectivity index (χ1v) is 9.11. The molecule has 0 aromatic heterocycles. The van der Waals surface area contributed by atoms with Crippen molar-refractivity contribution in [2.24, 2.45) is 0 Å². The van der Waals surface area contributed by atoms with Crippen molar-refractivity contribution in [3.05, 3.63) is 28.8 Å². The smallest absolute Gasteiger partial charge is 0.126 e. The molecular formula is C20H34N2O. The second-order valence-corrected chi connectivity index (χ2v) is 7.68. The molecule has 1 aliphatic heterocycles. The second-order valence-electron chi connectivity index (χ2n) is 7.68. The molecule has 1 N–H and O–H groups in total. The van der Waals surface area contributed by atoms with Crippen LogP contribution in [0.4, 0.5) is 0 Å². The molecule has 0 aliphatic carbocycles. The largest absolute Gasteiger partial charge is 0.493 e. The molecule has 0 bridgehead atoms. The predicted molar refractivity (Wildman–Crippen MR) is 98.7 cm³/mol. The third-order valence-corrected chi connectivity index (χ3v) is 4.54. The predicted octanol–water partition coefficient (Wildman–Crippen LogP) is 3.53. The third kappa shape index (κ3) is 5.22. The van der Waals surface area contributed by atoms with E-state index in [1.807, 2.05) is 0 Å². The minimum absolute atomic E-state index is 0.115. The Morgan fingerprint density at radius 1 is 1.17 bits per heavy atom. The molecule has 0 amide bonds. The van der Waals surface area contributed by atoms with E-state index in [9.17, 15) is 0 Å². The highest BCUT2D eigenvalue weighted by Crippen LogP contribution is 2.36. The van der Waals surface area contributed by atoms with E-state index in [-0.39, 0.29) is 5.41 Å². The van der Waals surface area contributed by atoms with E-state index >= 15 is 0 Å². The van der Waals surface area contributed by atoms with Gasteiger partial charge in [-0.1, -0.05) is 38.5 Å². The maximum absolute atomic E-state index is 6.07. The SMILES string of the molecule is CCOc1c(CCCN2CCNCC2)cc(C)cc1C(C)(C)C. The van der Waals surface area contributed by atoms with Gasteiger partial charge in [0.15, 0.2) is 0 Å². The average molecular weight is 319 g/mol. The topological polar surface area (TPSA) is 24.5 Å². The molecule has 1 saturated heterocycles. The maximum Gasteiger partial charge on any atom is 0.126 e. The first-order chi connectivity index (χ1) is 10.9. The summed E-state index contributed by atoms with van der Waals surface area (Å²) in [4.78, 5) is 2.57. The molecule has 1 aromatic carbocycles. The molecule has 130 valence electrons. The summed E-state index contributed by atoms with van der Waals surface area (Å²) in [5, 5.41) is 3.42. The molecule has 0 atom stereocenters. The Kier molecular flexibility index (Phi) is 6.49. The Labute approximate surface area is 142 Å². The van der Waals surface area contributed by atoms with Gasteiger partial charge in [-0.15, -0.1) is 0 Å². The van der Waals surface area contributed by atoms with Crippen LogP contribution in [0.2, 0.25) is 0 Å². The fourth-order valence-electron chi connectivity index (χ4n) is 3.33. The Morgan fingerprint density at radius 2 is 1.87 bits per heavy atom. The van der Waals surface area contributed by atoms with Gasteiger partial charge in [-0.25, -0.2) is 0 Å². The van der Waals surface area contributed by atoms with Gasteiger partial charge in [0.1, 0.15) is 5.75 Å². The van der Waals surface area contributed by atoms with E-state index in [1.165, 1.54) is 42.7 Å². The van der Waals surface area contributed by atoms with Crippen molar-refractivity contribution in [2.75, 3.05) is 39.3 Å². The molecule has 1 fully saturated rings. The Bertz CT molecular complexity index is 499. The first kappa shape index (κ1) is 18.3. The van der Waals surface area contributed by atoms with Crippen LogP contribution in [0.15, 0.2) is 12.1 Å². The van der Waals surface area contributed by atoms with Gasteiger partial charge in [0.2, 0.25) is 0 Å². The molecule has 3 nitrogen and oxygen atoms in total.